The van der Waals surface area contributed by atoms with Gasteiger partial charge < -0.3 is 11.1 Å². The van der Waals surface area contributed by atoms with Crippen LogP contribution >= 0.6 is 11.3 Å². The van der Waals surface area contributed by atoms with E-state index in [4.69, 9.17) is 5.73 Å². The van der Waals surface area contributed by atoms with Gasteiger partial charge in [0.2, 0.25) is 0 Å². The number of nitrogens with zero attached hydrogens (tertiary/aromatic N) is 1. The lowest BCUT2D eigenvalue weighted by molar-refractivity contribution is 0.0936. The fraction of sp³-hybridized carbons (Fsp3) is 0.429. The standard InChI is InChI=1S/C14H20N4OS/c1-4-5-10-12(15)13(18-17-10)14(19)16-9(3)11-7-6-8(2)20-11/h6-7,9H,4-5,15H2,1-3H3,(H,16,19)(H,17,18). The average molecular weight is 292 g/mol. The molecule has 1 atom stereocenters. The third kappa shape index (κ3) is 3.01. The van der Waals surface area contributed by atoms with Crippen molar-refractivity contribution in [3.8, 4) is 0 Å². The number of nitrogens with two attached hydrogens (primary N) is 1. The molecule has 5 nitrogen and oxygen atoms in total. The van der Waals surface area contributed by atoms with Gasteiger partial charge in [0, 0.05) is 9.75 Å². The molecule has 0 saturated carbocycles. The number of hydrogen-bond donors (Lipinski definition) is 3. The molecule has 0 fully saturated rings. The van der Waals surface area contributed by atoms with Crippen molar-refractivity contribution in [2.75, 3.05) is 5.73 Å². The molecule has 2 rings (SSSR count). The van der Waals surface area contributed by atoms with Crippen LogP contribution in [0.1, 0.15) is 52.2 Å². The predicted octanol–water partition coefficient (Wildman–Crippen LogP) is 2.81. The minimum atomic E-state index is -0.236. The van der Waals surface area contributed by atoms with Gasteiger partial charge in [-0.3, -0.25) is 9.89 Å². The first-order valence-corrected chi connectivity index (χ1v) is 7.54. The summed E-state index contributed by atoms with van der Waals surface area (Å²) in [5.74, 6) is -0.236. The number of thiophene rings is 1. The zero-order chi connectivity index (χ0) is 14.7. The van der Waals surface area contributed by atoms with Crippen LogP contribution < -0.4 is 11.1 Å². The molecular weight excluding hydrogens is 272 g/mol. The number of anilines is 1. The van der Waals surface area contributed by atoms with Gasteiger partial charge in [0.05, 0.1) is 17.4 Å². The summed E-state index contributed by atoms with van der Waals surface area (Å²) in [5, 5.41) is 9.80. The fourth-order valence-electron chi connectivity index (χ4n) is 2.02. The molecule has 0 radical (unpaired) electrons. The number of hydrogen-bond acceptors (Lipinski definition) is 4. The molecule has 0 aromatic carbocycles. The maximum Gasteiger partial charge on any atom is 0.274 e. The zero-order valence-corrected chi connectivity index (χ0v) is 12.8. The zero-order valence-electron chi connectivity index (χ0n) is 12.0. The molecule has 6 heteroatoms. The van der Waals surface area contributed by atoms with Crippen LogP contribution in [-0.2, 0) is 6.42 Å². The molecule has 108 valence electrons. The minimum Gasteiger partial charge on any atom is -0.395 e. The van der Waals surface area contributed by atoms with Gasteiger partial charge in [-0.15, -0.1) is 11.3 Å². The van der Waals surface area contributed by atoms with Crippen molar-refractivity contribution in [3.63, 3.8) is 0 Å². The smallest absolute Gasteiger partial charge is 0.274 e. The number of amides is 1. The number of carbonyl (C=O) groups is 1. The summed E-state index contributed by atoms with van der Waals surface area (Å²) in [6.45, 7) is 6.06. The van der Waals surface area contributed by atoms with Crippen LogP contribution in [-0.4, -0.2) is 16.1 Å². The monoisotopic (exact) mass is 292 g/mol. The number of nitrogens with one attached hydrogen (secondary N) is 2. The molecule has 1 unspecified atom stereocenters. The lowest BCUT2D eigenvalue weighted by Crippen LogP contribution is -2.27. The number of carbonyl (C=O) groups excluding carboxylic acids is 1. The van der Waals surface area contributed by atoms with Crippen molar-refractivity contribution < 1.29 is 4.79 Å². The molecular formula is C14H20N4OS. The van der Waals surface area contributed by atoms with Crippen LogP contribution in [0.15, 0.2) is 12.1 Å². The van der Waals surface area contributed by atoms with Crippen molar-refractivity contribution in [1.29, 1.82) is 0 Å². The Hall–Kier alpha value is -1.82. The summed E-state index contributed by atoms with van der Waals surface area (Å²) in [5.41, 5.74) is 7.53. The summed E-state index contributed by atoms with van der Waals surface area (Å²) in [6, 6.07) is 4.03. The van der Waals surface area contributed by atoms with E-state index >= 15 is 0 Å². The van der Waals surface area contributed by atoms with Crippen LogP contribution in [0.5, 0.6) is 0 Å². The highest BCUT2D eigenvalue weighted by atomic mass is 32.1. The Balaban J connectivity index is 2.08. The quantitative estimate of drug-likeness (QED) is 0.792. The Labute approximate surface area is 122 Å². The molecule has 2 heterocycles. The van der Waals surface area contributed by atoms with Gasteiger partial charge in [-0.1, -0.05) is 13.3 Å². The maximum atomic E-state index is 12.2. The van der Waals surface area contributed by atoms with Gasteiger partial charge >= 0.3 is 0 Å². The molecule has 0 aliphatic rings. The predicted molar refractivity (Wildman–Crippen MR) is 81.9 cm³/mol. The van der Waals surface area contributed by atoms with E-state index in [9.17, 15) is 4.79 Å². The van der Waals surface area contributed by atoms with E-state index in [1.165, 1.54) is 4.88 Å². The van der Waals surface area contributed by atoms with Gasteiger partial charge in [0.1, 0.15) is 0 Å². The fourth-order valence-corrected chi connectivity index (χ4v) is 2.90. The Morgan fingerprint density at radius 2 is 2.30 bits per heavy atom. The maximum absolute atomic E-state index is 12.2. The van der Waals surface area contributed by atoms with Crippen molar-refractivity contribution in [2.24, 2.45) is 0 Å². The number of aromatic nitrogens is 2. The summed E-state index contributed by atoms with van der Waals surface area (Å²) in [6.07, 6.45) is 1.75. The topological polar surface area (TPSA) is 83.8 Å². The molecule has 0 bridgehead atoms. The first-order chi connectivity index (χ1) is 9.52. The Morgan fingerprint density at radius 3 is 2.90 bits per heavy atom. The van der Waals surface area contributed by atoms with Crippen molar-refractivity contribution >= 4 is 22.9 Å². The molecule has 0 aliphatic carbocycles. The molecule has 1 amide bonds. The van der Waals surface area contributed by atoms with Crippen LogP contribution in [0.2, 0.25) is 0 Å². The molecule has 0 aliphatic heterocycles. The lowest BCUT2D eigenvalue weighted by Gasteiger charge is -2.11. The highest BCUT2D eigenvalue weighted by Crippen LogP contribution is 2.23. The summed E-state index contributed by atoms with van der Waals surface area (Å²) in [7, 11) is 0. The first kappa shape index (κ1) is 14.6. The Kier molecular flexibility index (Phi) is 4.44. The Morgan fingerprint density at radius 1 is 1.55 bits per heavy atom. The number of aromatic amines is 1. The highest BCUT2D eigenvalue weighted by Gasteiger charge is 2.19. The first-order valence-electron chi connectivity index (χ1n) is 6.72. The van der Waals surface area contributed by atoms with Crippen LogP contribution in [0.25, 0.3) is 0 Å². The average Bonchev–Trinajstić information content (AvgIpc) is 2.98. The lowest BCUT2D eigenvalue weighted by atomic mass is 10.2. The second kappa shape index (κ2) is 6.09. The van der Waals surface area contributed by atoms with Crippen molar-refractivity contribution in [2.45, 2.75) is 39.7 Å². The van der Waals surface area contributed by atoms with Crippen LogP contribution in [0.3, 0.4) is 0 Å². The van der Waals surface area contributed by atoms with Gasteiger partial charge in [-0.2, -0.15) is 5.10 Å². The molecule has 0 spiro atoms. The van der Waals surface area contributed by atoms with Gasteiger partial charge in [0.25, 0.3) is 5.91 Å². The normalized spacial score (nSPS) is 12.3. The highest BCUT2D eigenvalue weighted by molar-refractivity contribution is 7.12. The van der Waals surface area contributed by atoms with E-state index < -0.39 is 0 Å². The molecule has 20 heavy (non-hydrogen) atoms. The largest absolute Gasteiger partial charge is 0.395 e. The van der Waals surface area contributed by atoms with Crippen molar-refractivity contribution in [1.82, 2.24) is 15.5 Å². The van der Waals surface area contributed by atoms with Gasteiger partial charge in [0.15, 0.2) is 5.69 Å². The third-order valence-electron chi connectivity index (χ3n) is 3.13. The molecule has 2 aromatic rings. The van der Waals surface area contributed by atoms with Crippen LogP contribution in [0, 0.1) is 6.92 Å². The van der Waals surface area contributed by atoms with E-state index in [2.05, 4.69) is 22.4 Å². The second-order valence-electron chi connectivity index (χ2n) is 4.86. The number of nitrogen functional groups attached to an aromatic ring is 1. The summed E-state index contributed by atoms with van der Waals surface area (Å²) >= 11 is 1.68. The van der Waals surface area contributed by atoms with Crippen LogP contribution in [0.4, 0.5) is 5.69 Å². The second-order valence-corrected chi connectivity index (χ2v) is 6.18. The van der Waals surface area contributed by atoms with E-state index in [1.54, 1.807) is 11.3 Å². The molecule has 4 N–H and O–H groups in total. The van der Waals surface area contributed by atoms with E-state index in [0.29, 0.717) is 5.69 Å². The van der Waals surface area contributed by atoms with E-state index in [-0.39, 0.29) is 17.6 Å². The third-order valence-corrected chi connectivity index (χ3v) is 4.32. The number of rotatable bonds is 5. The van der Waals surface area contributed by atoms with Gasteiger partial charge in [-0.25, -0.2) is 0 Å². The van der Waals surface area contributed by atoms with E-state index in [1.807, 2.05) is 26.0 Å². The minimum absolute atomic E-state index is 0.0491. The van der Waals surface area contributed by atoms with E-state index in [0.717, 1.165) is 23.4 Å². The van der Waals surface area contributed by atoms with Gasteiger partial charge in [-0.05, 0) is 32.4 Å². The summed E-state index contributed by atoms with van der Waals surface area (Å²) in [4.78, 5) is 14.6. The summed E-state index contributed by atoms with van der Waals surface area (Å²) < 4.78 is 0. The van der Waals surface area contributed by atoms with Crippen molar-refractivity contribution in [3.05, 3.63) is 33.3 Å². The molecule has 2 aromatic heterocycles. The SMILES string of the molecule is CCCc1[nH]nc(C(=O)NC(C)c2ccc(C)s2)c1N. The number of aryl methyl sites for hydroxylation is 2. The number of H-pyrrole nitrogens is 1. The molecule has 0 saturated heterocycles. The Bertz CT molecular complexity index is 602.